The molecule has 0 unspecified atom stereocenters. The van der Waals surface area contributed by atoms with Crippen molar-refractivity contribution in [1.29, 1.82) is 0 Å². The van der Waals surface area contributed by atoms with E-state index in [9.17, 15) is 0 Å². The van der Waals surface area contributed by atoms with E-state index in [1.165, 1.54) is 0 Å². The monoisotopic (exact) mass is 254 g/mol. The van der Waals surface area contributed by atoms with Gasteiger partial charge in [0.25, 0.3) is 0 Å². The lowest BCUT2D eigenvalue weighted by Crippen LogP contribution is -2.07. The van der Waals surface area contributed by atoms with E-state index < -0.39 is 0 Å². The number of hydrogen-bond acceptors (Lipinski definition) is 7. The van der Waals surface area contributed by atoms with Crippen LogP contribution in [-0.2, 0) is 6.54 Å². The van der Waals surface area contributed by atoms with Crippen molar-refractivity contribution in [3.05, 3.63) is 23.1 Å². The molecule has 0 spiro atoms. The minimum Gasteiger partial charge on any atom is -0.444 e. The number of aromatic nitrogens is 4. The normalized spacial score (nSPS) is 10.3. The summed E-state index contributed by atoms with van der Waals surface area (Å²) in [4.78, 5) is 15.9. The molecule has 17 heavy (non-hydrogen) atoms. The van der Waals surface area contributed by atoms with E-state index in [0.717, 1.165) is 5.76 Å². The Kier molecular flexibility index (Phi) is 3.38. The fraction of sp³-hybridized carbons (Fsp3) is 0.333. The number of nitrogens with zero attached hydrogens (tertiary/aromatic N) is 4. The zero-order chi connectivity index (χ0) is 12.3. The Balaban J connectivity index is 2.05. The van der Waals surface area contributed by atoms with Crippen LogP contribution < -0.4 is 10.6 Å². The van der Waals surface area contributed by atoms with Crippen LogP contribution in [-0.4, -0.2) is 27.0 Å². The van der Waals surface area contributed by atoms with Gasteiger partial charge >= 0.3 is 0 Å². The van der Waals surface area contributed by atoms with Gasteiger partial charge in [-0.2, -0.15) is 15.0 Å². The summed E-state index contributed by atoms with van der Waals surface area (Å²) in [6.45, 7) is 2.22. The van der Waals surface area contributed by atoms with Crippen LogP contribution in [0.15, 0.2) is 10.6 Å². The van der Waals surface area contributed by atoms with E-state index >= 15 is 0 Å². The van der Waals surface area contributed by atoms with Gasteiger partial charge in [-0.1, -0.05) is 0 Å². The van der Waals surface area contributed by atoms with Crippen molar-refractivity contribution in [2.45, 2.75) is 13.5 Å². The average molecular weight is 255 g/mol. The maximum Gasteiger partial charge on any atom is 0.229 e. The highest BCUT2D eigenvalue weighted by atomic mass is 35.5. The summed E-state index contributed by atoms with van der Waals surface area (Å²) < 4.78 is 5.30. The molecule has 0 aromatic carbocycles. The molecule has 0 saturated heterocycles. The van der Waals surface area contributed by atoms with Crippen molar-refractivity contribution >= 4 is 23.5 Å². The van der Waals surface area contributed by atoms with Crippen LogP contribution in [0, 0.1) is 6.92 Å². The third-order valence-corrected chi connectivity index (χ3v) is 2.07. The van der Waals surface area contributed by atoms with Gasteiger partial charge in [-0.05, 0) is 18.5 Å². The summed E-state index contributed by atoms with van der Waals surface area (Å²) in [5.74, 6) is 2.08. The largest absolute Gasteiger partial charge is 0.444 e. The number of oxazole rings is 1. The quantitative estimate of drug-likeness (QED) is 0.854. The van der Waals surface area contributed by atoms with Gasteiger partial charge in [-0.25, -0.2) is 4.98 Å². The Labute approximate surface area is 103 Å². The lowest BCUT2D eigenvalue weighted by atomic mass is 10.6. The first-order valence-corrected chi connectivity index (χ1v) is 5.29. The van der Waals surface area contributed by atoms with E-state index in [0.29, 0.717) is 24.3 Å². The van der Waals surface area contributed by atoms with Gasteiger partial charge < -0.3 is 15.1 Å². The molecule has 0 aliphatic heterocycles. The van der Waals surface area contributed by atoms with Gasteiger partial charge in [0.15, 0.2) is 0 Å². The van der Waals surface area contributed by atoms with E-state index in [1.807, 2.05) is 6.92 Å². The van der Waals surface area contributed by atoms with E-state index in [2.05, 4.69) is 30.6 Å². The van der Waals surface area contributed by atoms with Crippen molar-refractivity contribution in [2.75, 3.05) is 17.7 Å². The Morgan fingerprint density at radius 1 is 1.29 bits per heavy atom. The van der Waals surface area contributed by atoms with Crippen molar-refractivity contribution < 1.29 is 4.42 Å². The van der Waals surface area contributed by atoms with E-state index in [-0.39, 0.29) is 5.28 Å². The molecule has 2 rings (SSSR count). The van der Waals surface area contributed by atoms with Crippen molar-refractivity contribution in [3.8, 4) is 0 Å². The van der Waals surface area contributed by atoms with Crippen molar-refractivity contribution in [2.24, 2.45) is 0 Å². The third-order valence-electron chi connectivity index (χ3n) is 1.90. The highest BCUT2D eigenvalue weighted by molar-refractivity contribution is 6.28. The Hall–Kier alpha value is -1.89. The Bertz CT molecular complexity index is 514. The second-order valence-electron chi connectivity index (χ2n) is 3.22. The molecule has 0 bridgehead atoms. The highest BCUT2D eigenvalue weighted by Gasteiger charge is 2.05. The minimum atomic E-state index is 0.121. The predicted octanol–water partition coefficient (Wildman–Crippen LogP) is 1.48. The first-order chi connectivity index (χ1) is 8.17. The zero-order valence-electron chi connectivity index (χ0n) is 9.36. The molecule has 2 heterocycles. The van der Waals surface area contributed by atoms with Crippen LogP contribution in [0.3, 0.4) is 0 Å². The molecular formula is C9H11ClN6O. The van der Waals surface area contributed by atoms with Crippen LogP contribution in [0.25, 0.3) is 0 Å². The molecule has 0 atom stereocenters. The lowest BCUT2D eigenvalue weighted by molar-refractivity contribution is 0.478. The smallest absolute Gasteiger partial charge is 0.229 e. The number of halogens is 1. The lowest BCUT2D eigenvalue weighted by Gasteiger charge is -2.04. The number of hydrogen-bond donors (Lipinski definition) is 2. The topological polar surface area (TPSA) is 88.8 Å². The molecule has 2 aromatic heterocycles. The molecule has 0 amide bonds. The van der Waals surface area contributed by atoms with Gasteiger partial charge in [0, 0.05) is 7.05 Å². The summed E-state index contributed by atoms with van der Waals surface area (Å²) >= 11 is 5.73. The fourth-order valence-electron chi connectivity index (χ4n) is 1.18. The summed E-state index contributed by atoms with van der Waals surface area (Å²) in [5, 5.41) is 5.85. The summed E-state index contributed by atoms with van der Waals surface area (Å²) in [5.41, 5.74) is 0. The average Bonchev–Trinajstić information content (AvgIpc) is 2.72. The van der Waals surface area contributed by atoms with Gasteiger partial charge in [0.05, 0.1) is 12.7 Å². The van der Waals surface area contributed by atoms with Gasteiger partial charge in [0.1, 0.15) is 5.76 Å². The molecule has 8 heteroatoms. The molecular weight excluding hydrogens is 244 g/mol. The molecule has 0 aliphatic rings. The second-order valence-corrected chi connectivity index (χ2v) is 3.56. The molecule has 0 saturated carbocycles. The van der Waals surface area contributed by atoms with Crippen LogP contribution in [0.5, 0.6) is 0 Å². The molecule has 0 fully saturated rings. The van der Waals surface area contributed by atoms with Gasteiger partial charge in [-0.15, -0.1) is 0 Å². The van der Waals surface area contributed by atoms with Crippen LogP contribution in [0.2, 0.25) is 5.28 Å². The van der Waals surface area contributed by atoms with E-state index in [4.69, 9.17) is 16.0 Å². The number of anilines is 2. The standard InChI is InChI=1S/C9H11ClN6O/c1-5-3-12-6(17-5)4-13-9-15-7(10)14-8(11-2)16-9/h3H,4H2,1-2H3,(H2,11,13,14,15,16). The second kappa shape index (κ2) is 4.96. The summed E-state index contributed by atoms with van der Waals surface area (Å²) in [7, 11) is 1.70. The molecule has 7 nitrogen and oxygen atoms in total. The molecule has 2 N–H and O–H groups in total. The first-order valence-electron chi connectivity index (χ1n) is 4.92. The van der Waals surface area contributed by atoms with Crippen molar-refractivity contribution in [3.63, 3.8) is 0 Å². The van der Waals surface area contributed by atoms with E-state index in [1.54, 1.807) is 13.2 Å². The number of nitrogens with one attached hydrogen (secondary N) is 2. The van der Waals surface area contributed by atoms with Gasteiger partial charge in [-0.3, -0.25) is 0 Å². The van der Waals surface area contributed by atoms with Gasteiger partial charge in [0.2, 0.25) is 23.1 Å². The van der Waals surface area contributed by atoms with Crippen LogP contribution in [0.4, 0.5) is 11.9 Å². The third kappa shape index (κ3) is 3.04. The molecule has 0 radical (unpaired) electrons. The first kappa shape index (κ1) is 11.6. The molecule has 0 aliphatic carbocycles. The maximum atomic E-state index is 5.73. The number of rotatable bonds is 4. The van der Waals surface area contributed by atoms with Crippen molar-refractivity contribution in [1.82, 2.24) is 19.9 Å². The fourth-order valence-corrected chi connectivity index (χ4v) is 1.34. The summed E-state index contributed by atoms with van der Waals surface area (Å²) in [6, 6.07) is 0. The highest BCUT2D eigenvalue weighted by Crippen LogP contribution is 2.10. The maximum absolute atomic E-state index is 5.73. The molecule has 2 aromatic rings. The Morgan fingerprint density at radius 3 is 2.71 bits per heavy atom. The van der Waals surface area contributed by atoms with Crippen LogP contribution in [0.1, 0.15) is 11.7 Å². The molecule has 90 valence electrons. The minimum absolute atomic E-state index is 0.121. The number of aryl methyl sites for hydroxylation is 1. The Morgan fingerprint density at radius 2 is 2.06 bits per heavy atom. The summed E-state index contributed by atoms with van der Waals surface area (Å²) in [6.07, 6.45) is 1.65. The SMILES string of the molecule is CNc1nc(Cl)nc(NCc2ncc(C)o2)n1. The van der Waals surface area contributed by atoms with Crippen LogP contribution >= 0.6 is 11.6 Å². The predicted molar refractivity (Wildman–Crippen MR) is 63.0 cm³/mol. The zero-order valence-corrected chi connectivity index (χ0v) is 10.1.